The zero-order valence-corrected chi connectivity index (χ0v) is 12.7. The van der Waals surface area contributed by atoms with E-state index in [1.54, 1.807) is 7.11 Å². The maximum Gasteiger partial charge on any atom is 0.160 e. The Morgan fingerprint density at radius 3 is 2.79 bits per heavy atom. The van der Waals surface area contributed by atoms with Crippen molar-refractivity contribution in [2.75, 3.05) is 20.3 Å². The summed E-state index contributed by atoms with van der Waals surface area (Å²) in [4.78, 5) is 4.82. The van der Waals surface area contributed by atoms with Gasteiger partial charge in [0.1, 0.15) is 11.3 Å². The molecule has 3 rings (SSSR count). The Balaban J connectivity index is 2.13. The molecule has 5 heteroatoms. The van der Waals surface area contributed by atoms with Crippen molar-refractivity contribution in [1.82, 2.24) is 9.55 Å². The molecule has 1 aromatic heterocycles. The van der Waals surface area contributed by atoms with Crippen LogP contribution in [0.1, 0.15) is 24.6 Å². The monoisotopic (exact) mass is 324 g/mol. The van der Waals surface area contributed by atoms with E-state index in [0.29, 0.717) is 5.92 Å². The molecule has 0 radical (unpaired) electrons. The average molecular weight is 325 g/mol. The van der Waals surface area contributed by atoms with Crippen LogP contribution in [-0.4, -0.2) is 29.9 Å². The molecule has 102 valence electrons. The minimum atomic E-state index is 0.481. The van der Waals surface area contributed by atoms with E-state index in [1.807, 2.05) is 6.07 Å². The number of ether oxygens (including phenoxy) is 2. The van der Waals surface area contributed by atoms with Crippen LogP contribution >= 0.6 is 15.9 Å². The molecule has 1 fully saturated rings. The molecule has 1 aliphatic heterocycles. The van der Waals surface area contributed by atoms with Gasteiger partial charge in [-0.1, -0.05) is 0 Å². The first-order valence-electron chi connectivity index (χ1n) is 6.49. The third-order valence-electron chi connectivity index (χ3n) is 3.78. The van der Waals surface area contributed by atoms with Gasteiger partial charge in [0, 0.05) is 26.2 Å². The highest BCUT2D eigenvalue weighted by molar-refractivity contribution is 9.10. The second-order valence-electron chi connectivity index (χ2n) is 4.86. The van der Waals surface area contributed by atoms with Crippen LogP contribution in [0, 0.1) is 0 Å². The lowest BCUT2D eigenvalue weighted by atomic mass is 9.99. The van der Waals surface area contributed by atoms with E-state index in [-0.39, 0.29) is 0 Å². The third-order valence-corrected chi connectivity index (χ3v) is 4.41. The Morgan fingerprint density at radius 1 is 1.37 bits per heavy atom. The molecule has 0 bridgehead atoms. The van der Waals surface area contributed by atoms with Crippen LogP contribution in [0.25, 0.3) is 11.0 Å². The zero-order chi connectivity index (χ0) is 13.4. The molecule has 2 heterocycles. The van der Waals surface area contributed by atoms with Crippen molar-refractivity contribution >= 4 is 27.0 Å². The molecule has 1 aliphatic rings. The summed E-state index contributed by atoms with van der Waals surface area (Å²) in [5.41, 5.74) is 2.04. The fourth-order valence-electron chi connectivity index (χ4n) is 2.74. The van der Waals surface area contributed by atoms with E-state index in [0.717, 1.165) is 53.1 Å². The van der Waals surface area contributed by atoms with Gasteiger partial charge in [-0.15, -0.1) is 0 Å². The summed E-state index contributed by atoms with van der Waals surface area (Å²) in [6, 6.07) is 4.09. The quantitative estimate of drug-likeness (QED) is 0.850. The van der Waals surface area contributed by atoms with Gasteiger partial charge in [-0.2, -0.15) is 0 Å². The Labute approximate surface area is 120 Å². The maximum absolute atomic E-state index is 5.47. The number of aromatic nitrogens is 2. The van der Waals surface area contributed by atoms with Crippen LogP contribution in [0.15, 0.2) is 16.6 Å². The first-order valence-corrected chi connectivity index (χ1v) is 7.28. The summed E-state index contributed by atoms with van der Waals surface area (Å²) in [6.45, 7) is 1.66. The summed E-state index contributed by atoms with van der Waals surface area (Å²) in [5.74, 6) is 2.43. The van der Waals surface area contributed by atoms with Crippen LogP contribution in [0.3, 0.4) is 0 Å². The van der Waals surface area contributed by atoms with E-state index in [9.17, 15) is 0 Å². The van der Waals surface area contributed by atoms with Crippen LogP contribution in [-0.2, 0) is 11.8 Å². The van der Waals surface area contributed by atoms with Gasteiger partial charge in [-0.25, -0.2) is 4.98 Å². The number of hydrogen-bond donors (Lipinski definition) is 0. The van der Waals surface area contributed by atoms with Gasteiger partial charge in [0.15, 0.2) is 5.75 Å². The molecule has 0 atom stereocenters. The summed E-state index contributed by atoms with van der Waals surface area (Å²) >= 11 is 3.51. The molecule has 0 saturated carbocycles. The van der Waals surface area contributed by atoms with Crippen LogP contribution in [0.2, 0.25) is 0 Å². The smallest absolute Gasteiger partial charge is 0.160 e. The highest BCUT2D eigenvalue weighted by atomic mass is 79.9. The number of aryl methyl sites for hydroxylation is 1. The summed E-state index contributed by atoms with van der Waals surface area (Å²) in [5, 5.41) is 0. The average Bonchev–Trinajstić information content (AvgIpc) is 2.77. The van der Waals surface area contributed by atoms with Gasteiger partial charge >= 0.3 is 0 Å². The van der Waals surface area contributed by atoms with Crippen molar-refractivity contribution in [3.63, 3.8) is 0 Å². The lowest BCUT2D eigenvalue weighted by Gasteiger charge is -2.21. The number of hydrogen-bond acceptors (Lipinski definition) is 3. The van der Waals surface area contributed by atoms with E-state index < -0.39 is 0 Å². The normalized spacial score (nSPS) is 17.0. The van der Waals surface area contributed by atoms with E-state index in [1.165, 1.54) is 0 Å². The second kappa shape index (κ2) is 5.13. The number of nitrogens with zero attached hydrogens (tertiary/aromatic N) is 2. The molecule has 0 spiro atoms. The maximum atomic E-state index is 5.47. The lowest BCUT2D eigenvalue weighted by Crippen LogP contribution is -2.17. The van der Waals surface area contributed by atoms with Gasteiger partial charge in [-0.05, 0) is 40.9 Å². The largest absolute Gasteiger partial charge is 0.493 e. The predicted molar refractivity (Wildman–Crippen MR) is 77.8 cm³/mol. The van der Waals surface area contributed by atoms with E-state index in [2.05, 4.69) is 33.6 Å². The molecule has 0 aliphatic carbocycles. The number of imidazole rings is 1. The Kier molecular flexibility index (Phi) is 3.50. The van der Waals surface area contributed by atoms with Gasteiger partial charge in [0.25, 0.3) is 0 Å². The minimum Gasteiger partial charge on any atom is -0.493 e. The Bertz CT molecular complexity index is 603. The van der Waals surface area contributed by atoms with Crippen molar-refractivity contribution in [3.05, 3.63) is 22.4 Å². The Hall–Kier alpha value is -1.07. The van der Waals surface area contributed by atoms with Gasteiger partial charge in [0.05, 0.1) is 17.1 Å². The van der Waals surface area contributed by atoms with Crippen LogP contribution < -0.4 is 4.74 Å². The lowest BCUT2D eigenvalue weighted by molar-refractivity contribution is 0.0831. The summed E-state index contributed by atoms with van der Waals surface area (Å²) < 4.78 is 14.0. The summed E-state index contributed by atoms with van der Waals surface area (Å²) in [6.07, 6.45) is 2.08. The van der Waals surface area contributed by atoms with E-state index in [4.69, 9.17) is 14.5 Å². The first-order chi connectivity index (χ1) is 9.22. The number of methoxy groups -OCH3 is 1. The number of halogens is 1. The van der Waals surface area contributed by atoms with E-state index >= 15 is 0 Å². The highest BCUT2D eigenvalue weighted by Crippen LogP contribution is 2.36. The topological polar surface area (TPSA) is 36.3 Å². The molecular weight excluding hydrogens is 308 g/mol. The van der Waals surface area contributed by atoms with Crippen molar-refractivity contribution in [2.45, 2.75) is 18.8 Å². The molecule has 4 nitrogen and oxygen atoms in total. The Morgan fingerprint density at radius 2 is 2.11 bits per heavy atom. The summed E-state index contributed by atoms with van der Waals surface area (Å²) in [7, 11) is 3.76. The molecule has 1 aromatic carbocycles. The molecular formula is C14H17BrN2O2. The molecule has 0 N–H and O–H groups in total. The highest BCUT2D eigenvalue weighted by Gasteiger charge is 2.23. The van der Waals surface area contributed by atoms with Gasteiger partial charge in [-0.3, -0.25) is 0 Å². The number of benzene rings is 1. The first kappa shape index (κ1) is 12.9. The third kappa shape index (κ3) is 2.15. The molecule has 19 heavy (non-hydrogen) atoms. The van der Waals surface area contributed by atoms with Crippen LogP contribution in [0.4, 0.5) is 0 Å². The van der Waals surface area contributed by atoms with Gasteiger partial charge in [0.2, 0.25) is 0 Å². The van der Waals surface area contributed by atoms with Crippen molar-refractivity contribution in [1.29, 1.82) is 0 Å². The van der Waals surface area contributed by atoms with Crippen molar-refractivity contribution < 1.29 is 9.47 Å². The number of fused-ring (bicyclic) bond motifs is 1. The molecule has 0 amide bonds. The molecule has 2 aromatic rings. The number of rotatable bonds is 2. The van der Waals surface area contributed by atoms with Crippen molar-refractivity contribution in [3.8, 4) is 5.75 Å². The fraction of sp³-hybridized carbons (Fsp3) is 0.500. The minimum absolute atomic E-state index is 0.481. The van der Waals surface area contributed by atoms with Crippen molar-refractivity contribution in [2.24, 2.45) is 7.05 Å². The predicted octanol–water partition coefficient (Wildman–Crippen LogP) is 3.24. The standard InChI is InChI=1S/C14H17BrN2O2/c1-17-11-4-3-10(15)13(18-2)12(11)16-14(17)9-5-7-19-8-6-9/h3-4,9H,5-8H2,1-2H3. The zero-order valence-electron chi connectivity index (χ0n) is 11.1. The second-order valence-corrected chi connectivity index (χ2v) is 5.72. The SMILES string of the molecule is COc1c(Br)ccc2c1nc(C1CCOCC1)n2C. The van der Waals surface area contributed by atoms with Gasteiger partial charge < -0.3 is 14.0 Å². The fourth-order valence-corrected chi connectivity index (χ4v) is 3.22. The van der Waals surface area contributed by atoms with Crippen LogP contribution in [0.5, 0.6) is 5.75 Å². The molecule has 0 unspecified atom stereocenters. The molecule has 1 saturated heterocycles.